The number of carboxylic acid groups (broad SMARTS) is 1. The molecule has 0 unspecified atom stereocenters. The Morgan fingerprint density at radius 2 is 1.50 bits per heavy atom. The molecule has 2 amide bonds. The molecule has 0 bridgehead atoms. The minimum atomic E-state index is -1.11. The zero-order chi connectivity index (χ0) is 18.9. The van der Waals surface area contributed by atoms with Crippen LogP contribution in [-0.4, -0.2) is 22.9 Å². The minimum absolute atomic E-state index is 0.0231. The first kappa shape index (κ1) is 19.7. The third-order valence-corrected chi connectivity index (χ3v) is 4.09. The van der Waals surface area contributed by atoms with Crippen LogP contribution in [0.1, 0.15) is 36.0 Å². The normalized spacial score (nSPS) is 10.2. The number of amides is 2. The predicted molar refractivity (Wildman–Crippen MR) is 103 cm³/mol. The molecule has 0 spiro atoms. The maximum absolute atomic E-state index is 12.0. The van der Waals surface area contributed by atoms with Crippen LogP contribution >= 0.6 is 15.9 Å². The van der Waals surface area contributed by atoms with Crippen LogP contribution in [0.2, 0.25) is 0 Å². The van der Waals surface area contributed by atoms with Crippen molar-refractivity contribution in [1.82, 2.24) is 0 Å². The summed E-state index contributed by atoms with van der Waals surface area (Å²) in [6, 6.07) is 13.8. The summed E-state index contributed by atoms with van der Waals surface area (Å²) in [6.07, 6.45) is 1.64. The molecule has 0 aliphatic rings. The van der Waals surface area contributed by atoms with Crippen molar-refractivity contribution in [3.05, 3.63) is 58.6 Å². The first-order valence-electron chi connectivity index (χ1n) is 8.13. The number of benzene rings is 2. The fourth-order valence-electron chi connectivity index (χ4n) is 2.33. The van der Waals surface area contributed by atoms with Crippen LogP contribution in [0.3, 0.4) is 0 Å². The lowest BCUT2D eigenvalue weighted by Crippen LogP contribution is -2.15. The molecule has 6 nitrogen and oxygen atoms in total. The topological polar surface area (TPSA) is 95.5 Å². The highest BCUT2D eigenvalue weighted by atomic mass is 79.9. The predicted octanol–water partition coefficient (Wildman–Crippen LogP) is 4.28. The summed E-state index contributed by atoms with van der Waals surface area (Å²) in [5, 5.41) is 14.6. The summed E-state index contributed by atoms with van der Waals surface area (Å²) in [5.41, 5.74) is 1.02. The van der Waals surface area contributed by atoms with Crippen molar-refractivity contribution in [3.63, 3.8) is 0 Å². The number of nitrogens with one attached hydrogen (secondary N) is 2. The van der Waals surface area contributed by atoms with Crippen molar-refractivity contribution in [2.24, 2.45) is 0 Å². The molecule has 26 heavy (non-hydrogen) atoms. The molecule has 2 aromatic rings. The van der Waals surface area contributed by atoms with Gasteiger partial charge in [0.25, 0.3) is 0 Å². The molecular weight excluding hydrogens is 400 g/mol. The van der Waals surface area contributed by atoms with E-state index in [1.807, 2.05) is 30.3 Å². The number of rotatable bonds is 8. The van der Waals surface area contributed by atoms with Crippen molar-refractivity contribution in [2.75, 3.05) is 10.6 Å². The number of aromatic carboxylic acids is 1. The second-order valence-corrected chi connectivity index (χ2v) is 6.58. The first-order valence-corrected chi connectivity index (χ1v) is 8.92. The van der Waals surface area contributed by atoms with Crippen molar-refractivity contribution in [3.8, 4) is 0 Å². The Labute approximate surface area is 159 Å². The maximum Gasteiger partial charge on any atom is 0.337 e. The van der Waals surface area contributed by atoms with Crippen LogP contribution in [0.25, 0.3) is 0 Å². The van der Waals surface area contributed by atoms with Crippen molar-refractivity contribution in [2.45, 2.75) is 25.7 Å². The van der Waals surface area contributed by atoms with Gasteiger partial charge in [0.1, 0.15) is 0 Å². The zero-order valence-corrected chi connectivity index (χ0v) is 15.6. The Kier molecular flexibility index (Phi) is 7.35. The highest BCUT2D eigenvalue weighted by molar-refractivity contribution is 9.10. The van der Waals surface area contributed by atoms with Crippen LogP contribution in [0.4, 0.5) is 11.4 Å². The monoisotopic (exact) mass is 418 g/mol. The Bertz CT molecular complexity index is 793. The van der Waals surface area contributed by atoms with Gasteiger partial charge in [0.15, 0.2) is 0 Å². The fourth-order valence-corrected chi connectivity index (χ4v) is 2.69. The molecule has 0 aromatic heterocycles. The van der Waals surface area contributed by atoms with Gasteiger partial charge in [-0.05, 0) is 43.2 Å². The van der Waals surface area contributed by atoms with Gasteiger partial charge in [0.05, 0.1) is 11.3 Å². The summed E-state index contributed by atoms with van der Waals surface area (Å²) in [4.78, 5) is 35.0. The van der Waals surface area contributed by atoms with Gasteiger partial charge in [0, 0.05) is 23.0 Å². The Balaban J connectivity index is 1.74. The number of carbonyl (C=O) groups is 3. The second kappa shape index (κ2) is 9.72. The summed E-state index contributed by atoms with van der Waals surface area (Å²) < 4.78 is 0.623. The molecule has 0 atom stereocenters. The van der Waals surface area contributed by atoms with Gasteiger partial charge in [-0.1, -0.05) is 34.1 Å². The number of carbonyl (C=O) groups excluding carboxylic acids is 2. The van der Waals surface area contributed by atoms with Crippen molar-refractivity contribution < 1.29 is 19.5 Å². The Hall–Kier alpha value is -2.67. The van der Waals surface area contributed by atoms with Gasteiger partial charge in [0.2, 0.25) is 11.8 Å². The molecule has 0 aliphatic heterocycles. The van der Waals surface area contributed by atoms with Crippen molar-refractivity contribution in [1.29, 1.82) is 0 Å². The summed E-state index contributed by atoms with van der Waals surface area (Å²) >= 11 is 3.21. The van der Waals surface area contributed by atoms with E-state index in [0.717, 1.165) is 5.69 Å². The SMILES string of the molecule is O=C(CCCCC(=O)Nc1ccc(Br)cc1C(=O)O)Nc1ccccc1. The largest absolute Gasteiger partial charge is 0.478 e. The van der Waals surface area contributed by atoms with Crippen LogP contribution in [-0.2, 0) is 9.59 Å². The van der Waals surface area contributed by atoms with E-state index in [1.54, 1.807) is 12.1 Å². The van der Waals surface area contributed by atoms with E-state index in [-0.39, 0.29) is 29.5 Å². The van der Waals surface area contributed by atoms with Gasteiger partial charge in [-0.2, -0.15) is 0 Å². The van der Waals surface area contributed by atoms with Gasteiger partial charge in [-0.15, -0.1) is 0 Å². The van der Waals surface area contributed by atoms with Gasteiger partial charge >= 0.3 is 5.97 Å². The molecule has 0 saturated heterocycles. The molecule has 0 fully saturated rings. The molecule has 0 heterocycles. The van der Waals surface area contributed by atoms with Crippen LogP contribution < -0.4 is 10.6 Å². The van der Waals surface area contributed by atoms with Gasteiger partial charge < -0.3 is 15.7 Å². The van der Waals surface area contributed by atoms with Crippen LogP contribution in [0, 0.1) is 0 Å². The van der Waals surface area contributed by atoms with Gasteiger partial charge in [-0.25, -0.2) is 4.79 Å². The lowest BCUT2D eigenvalue weighted by Gasteiger charge is -2.09. The Morgan fingerprint density at radius 1 is 0.885 bits per heavy atom. The number of anilines is 2. The smallest absolute Gasteiger partial charge is 0.337 e. The van der Waals surface area contributed by atoms with Gasteiger partial charge in [-0.3, -0.25) is 9.59 Å². The van der Waals surface area contributed by atoms with Crippen LogP contribution in [0.5, 0.6) is 0 Å². The summed E-state index contributed by atoms with van der Waals surface area (Å²) in [6.45, 7) is 0. The van der Waals surface area contributed by atoms with E-state index >= 15 is 0 Å². The van der Waals surface area contributed by atoms with E-state index in [2.05, 4.69) is 26.6 Å². The third kappa shape index (κ3) is 6.33. The lowest BCUT2D eigenvalue weighted by atomic mass is 10.1. The number of carboxylic acids is 1. The number of para-hydroxylation sites is 1. The van der Waals surface area contributed by atoms with E-state index in [9.17, 15) is 19.5 Å². The highest BCUT2D eigenvalue weighted by Gasteiger charge is 2.13. The average molecular weight is 419 g/mol. The molecule has 2 rings (SSSR count). The highest BCUT2D eigenvalue weighted by Crippen LogP contribution is 2.21. The molecule has 0 radical (unpaired) electrons. The molecule has 0 saturated carbocycles. The number of unbranched alkanes of at least 4 members (excludes halogenated alkanes) is 1. The summed E-state index contributed by atoms with van der Waals surface area (Å²) in [7, 11) is 0. The minimum Gasteiger partial charge on any atom is -0.478 e. The number of hydrogen-bond donors (Lipinski definition) is 3. The fraction of sp³-hybridized carbons (Fsp3) is 0.211. The number of halogens is 1. The molecular formula is C19H19BrN2O4. The standard InChI is InChI=1S/C19H19BrN2O4/c20-13-10-11-16(15(12-13)19(25)26)22-18(24)9-5-4-8-17(23)21-14-6-2-1-3-7-14/h1-3,6-7,10-12H,4-5,8-9H2,(H,21,23)(H,22,24)(H,25,26). The van der Waals surface area contributed by atoms with Crippen molar-refractivity contribution >= 4 is 45.1 Å². The molecule has 0 aliphatic carbocycles. The second-order valence-electron chi connectivity index (χ2n) is 5.66. The average Bonchev–Trinajstić information content (AvgIpc) is 2.61. The van der Waals surface area contributed by atoms with E-state index in [0.29, 0.717) is 23.7 Å². The molecule has 136 valence electrons. The maximum atomic E-state index is 12.0. The molecule has 2 aromatic carbocycles. The first-order chi connectivity index (χ1) is 12.5. The van der Waals surface area contributed by atoms with E-state index in [4.69, 9.17) is 0 Å². The van der Waals surface area contributed by atoms with Crippen LogP contribution in [0.15, 0.2) is 53.0 Å². The Morgan fingerprint density at radius 3 is 2.12 bits per heavy atom. The molecule has 7 heteroatoms. The summed E-state index contributed by atoms with van der Waals surface area (Å²) in [5.74, 6) is -1.49. The zero-order valence-electron chi connectivity index (χ0n) is 14.0. The third-order valence-electron chi connectivity index (χ3n) is 3.60. The van der Waals surface area contributed by atoms with E-state index < -0.39 is 5.97 Å². The molecule has 3 N–H and O–H groups in total. The lowest BCUT2D eigenvalue weighted by molar-refractivity contribution is -0.118. The van der Waals surface area contributed by atoms with E-state index in [1.165, 1.54) is 6.07 Å². The number of hydrogen-bond acceptors (Lipinski definition) is 3. The quantitative estimate of drug-likeness (QED) is 0.557.